The van der Waals surface area contributed by atoms with Crippen molar-refractivity contribution < 1.29 is 9.72 Å². The smallest absolute Gasteiger partial charge is 0.271 e. The summed E-state index contributed by atoms with van der Waals surface area (Å²) in [6, 6.07) is 4.40. The second kappa shape index (κ2) is 7.38. The molecule has 0 aliphatic heterocycles. The van der Waals surface area contributed by atoms with E-state index in [1.807, 2.05) is 13.8 Å². The van der Waals surface area contributed by atoms with Gasteiger partial charge in [0.2, 0.25) is 5.91 Å². The number of nitro benzene ring substituents is 1. The number of hydrogen-bond acceptors (Lipinski definition) is 7. The number of nitro groups is 1. The largest absolute Gasteiger partial charge is 0.325 e. The summed E-state index contributed by atoms with van der Waals surface area (Å²) in [4.78, 5) is 33.4. The third kappa shape index (κ3) is 3.68. The van der Waals surface area contributed by atoms with Crippen LogP contribution in [-0.2, 0) is 4.79 Å². The first kappa shape index (κ1) is 18.3. The van der Waals surface area contributed by atoms with Crippen LogP contribution >= 0.6 is 23.1 Å². The van der Waals surface area contributed by atoms with Gasteiger partial charge in [-0.05, 0) is 31.9 Å². The molecule has 0 saturated carbocycles. The number of anilines is 1. The second-order valence-electron chi connectivity index (χ2n) is 5.74. The minimum atomic E-state index is -0.483. The van der Waals surface area contributed by atoms with Gasteiger partial charge in [0.05, 0.1) is 16.4 Å². The van der Waals surface area contributed by atoms with Crippen LogP contribution in [-0.4, -0.2) is 26.6 Å². The van der Waals surface area contributed by atoms with E-state index in [1.165, 1.54) is 35.1 Å². The summed E-state index contributed by atoms with van der Waals surface area (Å²) in [5.74, 6) is -0.0854. The van der Waals surface area contributed by atoms with Crippen LogP contribution in [0.15, 0.2) is 29.6 Å². The molecule has 0 aliphatic rings. The van der Waals surface area contributed by atoms with Crippen molar-refractivity contribution in [3.05, 3.63) is 50.6 Å². The Bertz CT molecular complexity index is 1020. The number of thioether (sulfide) groups is 1. The molecular weight excluding hydrogens is 372 g/mol. The summed E-state index contributed by atoms with van der Waals surface area (Å²) in [6.07, 6.45) is 1.50. The molecular formula is C17H16N4O3S2. The molecule has 1 amide bonds. The molecule has 0 radical (unpaired) electrons. The summed E-state index contributed by atoms with van der Waals surface area (Å²) < 4.78 is 0. The van der Waals surface area contributed by atoms with Crippen LogP contribution in [0.1, 0.15) is 16.0 Å². The molecule has 1 aromatic carbocycles. The lowest BCUT2D eigenvalue weighted by Crippen LogP contribution is -2.15. The van der Waals surface area contributed by atoms with Gasteiger partial charge >= 0.3 is 0 Å². The maximum atomic E-state index is 12.3. The Morgan fingerprint density at radius 2 is 2.08 bits per heavy atom. The number of carbonyl (C=O) groups is 1. The van der Waals surface area contributed by atoms with Crippen LogP contribution in [0.2, 0.25) is 0 Å². The minimum Gasteiger partial charge on any atom is -0.325 e. The first-order valence-corrected chi connectivity index (χ1v) is 9.55. The molecule has 0 spiro atoms. The fraction of sp³-hybridized carbons (Fsp3) is 0.235. The van der Waals surface area contributed by atoms with E-state index in [2.05, 4.69) is 15.3 Å². The summed E-state index contributed by atoms with van der Waals surface area (Å²) in [5, 5.41) is 15.4. The van der Waals surface area contributed by atoms with E-state index in [0.717, 1.165) is 26.4 Å². The van der Waals surface area contributed by atoms with Gasteiger partial charge in [-0.1, -0.05) is 17.8 Å². The molecule has 0 saturated heterocycles. The van der Waals surface area contributed by atoms with Gasteiger partial charge < -0.3 is 5.32 Å². The van der Waals surface area contributed by atoms with Gasteiger partial charge in [0.25, 0.3) is 5.69 Å². The Hall–Kier alpha value is -2.52. The van der Waals surface area contributed by atoms with Gasteiger partial charge in [0.1, 0.15) is 16.2 Å². The van der Waals surface area contributed by atoms with Crippen molar-refractivity contribution in [1.29, 1.82) is 0 Å². The van der Waals surface area contributed by atoms with Gasteiger partial charge in [0, 0.05) is 22.4 Å². The van der Waals surface area contributed by atoms with Crippen molar-refractivity contribution >= 4 is 50.6 Å². The average molecular weight is 388 g/mol. The molecule has 2 heterocycles. The lowest BCUT2D eigenvalue weighted by molar-refractivity contribution is -0.384. The fourth-order valence-electron chi connectivity index (χ4n) is 2.44. The Balaban J connectivity index is 1.74. The van der Waals surface area contributed by atoms with E-state index in [9.17, 15) is 14.9 Å². The first-order valence-electron chi connectivity index (χ1n) is 7.75. The summed E-state index contributed by atoms with van der Waals surface area (Å²) >= 11 is 2.94. The van der Waals surface area contributed by atoms with E-state index in [-0.39, 0.29) is 17.3 Å². The third-order valence-corrected chi connectivity index (χ3v) is 6.08. The molecule has 2 aromatic heterocycles. The molecule has 134 valence electrons. The molecule has 0 unspecified atom stereocenters. The Kier molecular flexibility index (Phi) is 5.19. The van der Waals surface area contributed by atoms with Crippen LogP contribution in [0.4, 0.5) is 11.4 Å². The molecule has 7 nitrogen and oxygen atoms in total. The first-order chi connectivity index (χ1) is 12.4. The van der Waals surface area contributed by atoms with Crippen molar-refractivity contribution in [2.45, 2.75) is 25.8 Å². The van der Waals surface area contributed by atoms with Gasteiger partial charge in [0.15, 0.2) is 0 Å². The SMILES string of the molecule is Cc1ccc([N+](=O)[O-])cc1NC(=O)CSc1ncnc2sc(C)c(C)c12. The van der Waals surface area contributed by atoms with Crippen molar-refractivity contribution in [3.63, 3.8) is 0 Å². The number of fused-ring (bicyclic) bond motifs is 1. The number of aromatic nitrogens is 2. The number of non-ortho nitro benzene ring substituents is 1. The van der Waals surface area contributed by atoms with Gasteiger partial charge in [-0.25, -0.2) is 9.97 Å². The summed E-state index contributed by atoms with van der Waals surface area (Å²) in [7, 11) is 0. The highest BCUT2D eigenvalue weighted by Gasteiger charge is 2.15. The topological polar surface area (TPSA) is 98.0 Å². The van der Waals surface area contributed by atoms with Crippen molar-refractivity contribution in [2.24, 2.45) is 0 Å². The summed E-state index contributed by atoms with van der Waals surface area (Å²) in [6.45, 7) is 5.85. The Morgan fingerprint density at radius 1 is 1.31 bits per heavy atom. The number of amides is 1. The van der Waals surface area contributed by atoms with E-state index < -0.39 is 4.92 Å². The monoisotopic (exact) mass is 388 g/mol. The highest BCUT2D eigenvalue weighted by molar-refractivity contribution is 8.00. The number of thiophene rings is 1. The zero-order valence-corrected chi connectivity index (χ0v) is 16.0. The minimum absolute atomic E-state index is 0.0552. The second-order valence-corrected chi connectivity index (χ2v) is 7.90. The van der Waals surface area contributed by atoms with Gasteiger partial charge in [-0.2, -0.15) is 0 Å². The molecule has 0 bridgehead atoms. The summed E-state index contributed by atoms with van der Waals surface area (Å²) in [5.41, 5.74) is 2.28. The molecule has 0 fully saturated rings. The van der Waals surface area contributed by atoms with Crippen LogP contribution in [0.5, 0.6) is 0 Å². The fourth-order valence-corrected chi connectivity index (χ4v) is 4.36. The number of hydrogen-bond donors (Lipinski definition) is 1. The van der Waals surface area contributed by atoms with Crippen LogP contribution in [0.25, 0.3) is 10.2 Å². The van der Waals surface area contributed by atoms with Gasteiger partial charge in [-0.3, -0.25) is 14.9 Å². The molecule has 3 aromatic rings. The van der Waals surface area contributed by atoms with Crippen LogP contribution in [0, 0.1) is 30.9 Å². The Labute approximate surface area is 158 Å². The molecule has 9 heteroatoms. The number of rotatable bonds is 5. The number of aryl methyl sites for hydroxylation is 3. The normalized spacial score (nSPS) is 10.9. The zero-order valence-electron chi connectivity index (χ0n) is 14.4. The lowest BCUT2D eigenvalue weighted by Gasteiger charge is -2.08. The van der Waals surface area contributed by atoms with Crippen LogP contribution < -0.4 is 5.32 Å². The molecule has 0 atom stereocenters. The quantitative estimate of drug-likeness (QED) is 0.304. The molecule has 0 aliphatic carbocycles. The predicted molar refractivity (Wildman–Crippen MR) is 104 cm³/mol. The predicted octanol–water partition coefficient (Wildman–Crippen LogP) is 4.26. The highest BCUT2D eigenvalue weighted by atomic mass is 32.2. The number of benzene rings is 1. The van der Waals surface area contributed by atoms with Gasteiger partial charge in [-0.15, -0.1) is 11.3 Å². The molecule has 26 heavy (non-hydrogen) atoms. The zero-order chi connectivity index (χ0) is 18.8. The average Bonchev–Trinajstić information content (AvgIpc) is 2.89. The van der Waals surface area contributed by atoms with E-state index >= 15 is 0 Å². The lowest BCUT2D eigenvalue weighted by atomic mass is 10.2. The van der Waals surface area contributed by atoms with E-state index in [0.29, 0.717) is 5.69 Å². The van der Waals surface area contributed by atoms with E-state index in [1.54, 1.807) is 24.3 Å². The molecule has 3 rings (SSSR count). The standard InChI is InChI=1S/C17H16N4O3S2/c1-9-4-5-12(21(23)24)6-13(9)20-14(22)7-25-16-15-10(2)11(3)26-17(15)19-8-18-16/h4-6,8H,7H2,1-3H3,(H,20,22). The Morgan fingerprint density at radius 3 is 2.81 bits per heavy atom. The van der Waals surface area contributed by atoms with Crippen molar-refractivity contribution in [2.75, 3.05) is 11.1 Å². The van der Waals surface area contributed by atoms with Crippen molar-refractivity contribution in [3.8, 4) is 0 Å². The maximum absolute atomic E-state index is 12.3. The number of nitrogens with zero attached hydrogens (tertiary/aromatic N) is 3. The highest BCUT2D eigenvalue weighted by Crippen LogP contribution is 2.34. The number of carbonyl (C=O) groups excluding carboxylic acids is 1. The van der Waals surface area contributed by atoms with Crippen LogP contribution in [0.3, 0.4) is 0 Å². The maximum Gasteiger partial charge on any atom is 0.271 e. The van der Waals surface area contributed by atoms with Crippen molar-refractivity contribution in [1.82, 2.24) is 9.97 Å². The van der Waals surface area contributed by atoms with E-state index in [4.69, 9.17) is 0 Å². The third-order valence-electron chi connectivity index (χ3n) is 3.98. The number of nitrogens with one attached hydrogen (secondary N) is 1. The molecule has 1 N–H and O–H groups in total.